The van der Waals surface area contributed by atoms with Crippen LogP contribution in [0.3, 0.4) is 0 Å². The highest BCUT2D eigenvalue weighted by atomic mass is 127. The van der Waals surface area contributed by atoms with E-state index in [-0.39, 0.29) is 35.8 Å². The van der Waals surface area contributed by atoms with E-state index < -0.39 is 0 Å². The highest BCUT2D eigenvalue weighted by molar-refractivity contribution is 5.97. The lowest BCUT2D eigenvalue weighted by Gasteiger charge is -2.40. The summed E-state index contributed by atoms with van der Waals surface area (Å²) in [6.45, 7) is 18.3. The Labute approximate surface area is 298 Å². The van der Waals surface area contributed by atoms with Crippen molar-refractivity contribution in [2.75, 3.05) is 36.8 Å². The highest BCUT2D eigenvalue weighted by Crippen LogP contribution is 2.53. The molecule has 2 saturated heterocycles. The van der Waals surface area contributed by atoms with Crippen LogP contribution in [0.1, 0.15) is 92.9 Å². The summed E-state index contributed by atoms with van der Waals surface area (Å²) in [5, 5.41) is 8.44. The van der Waals surface area contributed by atoms with Crippen LogP contribution in [0.15, 0.2) is 42.5 Å². The first-order valence-electron chi connectivity index (χ1n) is 17.6. The van der Waals surface area contributed by atoms with Gasteiger partial charge in [-0.2, -0.15) is 0 Å². The Morgan fingerprint density at radius 2 is 1.11 bits per heavy atom. The molecule has 0 radical (unpaired) electrons. The third kappa shape index (κ3) is 7.64. The van der Waals surface area contributed by atoms with Gasteiger partial charge in [0.15, 0.2) is 0 Å². The molecule has 2 aromatic carbocycles. The number of fused-ring (bicyclic) bond motifs is 6. The molecular formula is C39H54IN5O2. The van der Waals surface area contributed by atoms with E-state index in [0.29, 0.717) is 46.6 Å². The molecule has 7 rings (SSSR count). The van der Waals surface area contributed by atoms with E-state index in [9.17, 15) is 9.59 Å². The summed E-state index contributed by atoms with van der Waals surface area (Å²) in [6, 6.07) is 15.4. The van der Waals surface area contributed by atoms with Gasteiger partial charge < -0.3 is 34.6 Å². The van der Waals surface area contributed by atoms with Gasteiger partial charge in [0.25, 0.3) is 0 Å². The van der Waals surface area contributed by atoms with Crippen LogP contribution in [0.2, 0.25) is 0 Å². The molecule has 47 heavy (non-hydrogen) atoms. The lowest BCUT2D eigenvalue weighted by atomic mass is 9.65. The number of nitrogens with one attached hydrogen (secondary N) is 3. The summed E-state index contributed by atoms with van der Waals surface area (Å²) in [7, 11) is 0. The first-order chi connectivity index (χ1) is 21.6. The molecule has 8 heteroatoms. The number of amides is 2. The molecule has 0 spiro atoms. The van der Waals surface area contributed by atoms with Crippen molar-refractivity contribution in [2.45, 2.75) is 105 Å². The van der Waals surface area contributed by atoms with E-state index in [0.717, 1.165) is 59.4 Å². The van der Waals surface area contributed by atoms with Crippen LogP contribution in [-0.2, 0) is 9.59 Å². The van der Waals surface area contributed by atoms with Crippen molar-refractivity contribution in [3.8, 4) is 0 Å². The van der Waals surface area contributed by atoms with Crippen LogP contribution in [-0.4, -0.2) is 59.9 Å². The molecule has 0 unspecified atom stereocenters. The van der Waals surface area contributed by atoms with E-state index in [2.05, 4.69) is 85.2 Å². The van der Waals surface area contributed by atoms with Gasteiger partial charge in [-0.3, -0.25) is 19.4 Å². The molecule has 3 N–H and O–H groups in total. The number of halogens is 1. The van der Waals surface area contributed by atoms with Crippen molar-refractivity contribution in [1.82, 2.24) is 9.80 Å². The Hall–Kier alpha value is -2.30. The van der Waals surface area contributed by atoms with E-state index >= 15 is 0 Å². The smallest absolute Gasteiger partial charge is 0.225 e. The maximum Gasteiger partial charge on any atom is 0.225 e. The molecule has 254 valence electrons. The standard InChI is InChI=1S/C39H53N5O2.HI/c1-36(2)18-30-20-38(5,22-36)24-43(30)13-11-34(45)40-28-9-7-26-15-27-8-10-29(17-33(27)42-32(26)16-28)41-35(46)12-14-44-25-39(6)21-31(44)19-37(3,4)23-39;/h7-10,15-17,30-31H,11-14,18-25H2,1-6H3,(H,40,45)(H,41,46);1H/t30-,31-,38-,39-;/m0./s1. The number of rotatable bonds is 8. The second-order valence-corrected chi connectivity index (χ2v) is 17.8. The molecule has 1 aromatic heterocycles. The van der Waals surface area contributed by atoms with Crippen LogP contribution >= 0.6 is 0 Å². The van der Waals surface area contributed by atoms with Crippen molar-refractivity contribution in [1.29, 1.82) is 0 Å². The number of likely N-dealkylation sites (tertiary alicyclic amines) is 2. The Balaban J connectivity index is 0.00000386. The van der Waals surface area contributed by atoms with E-state index in [1.54, 1.807) is 0 Å². The molecule has 2 aliphatic carbocycles. The van der Waals surface area contributed by atoms with Crippen molar-refractivity contribution in [3.05, 3.63) is 42.5 Å². The normalized spacial score (nSPS) is 29.5. The summed E-state index contributed by atoms with van der Waals surface area (Å²) >= 11 is 0. The fourth-order valence-electron chi connectivity index (χ4n) is 10.7. The Morgan fingerprint density at radius 3 is 1.53 bits per heavy atom. The predicted molar refractivity (Wildman–Crippen MR) is 187 cm³/mol. The molecule has 2 saturated carbocycles. The molecule has 4 atom stereocenters. The number of pyridine rings is 1. The molecular weight excluding hydrogens is 697 g/mol. The first-order valence-corrected chi connectivity index (χ1v) is 17.6. The molecule has 3 heterocycles. The Bertz CT molecular complexity index is 1570. The third-order valence-electron chi connectivity index (χ3n) is 11.6. The van der Waals surface area contributed by atoms with Gasteiger partial charge in [0, 0.05) is 85.4 Å². The predicted octanol–water partition coefficient (Wildman–Crippen LogP) is 4.27. The van der Waals surface area contributed by atoms with Crippen LogP contribution in [0.5, 0.6) is 0 Å². The van der Waals surface area contributed by atoms with Crippen molar-refractivity contribution in [2.24, 2.45) is 21.7 Å². The van der Waals surface area contributed by atoms with Crippen LogP contribution in [0, 0.1) is 21.7 Å². The molecule has 2 aliphatic heterocycles. The van der Waals surface area contributed by atoms with Crippen molar-refractivity contribution in [3.63, 3.8) is 0 Å². The first kappa shape index (κ1) is 34.6. The van der Waals surface area contributed by atoms with Crippen molar-refractivity contribution >= 4 is 45.0 Å². The van der Waals surface area contributed by atoms with Gasteiger partial charge in [0.2, 0.25) is 22.8 Å². The highest BCUT2D eigenvalue weighted by Gasteiger charge is 2.50. The van der Waals surface area contributed by atoms with Gasteiger partial charge >= 0.3 is 0 Å². The van der Waals surface area contributed by atoms with Crippen molar-refractivity contribution < 1.29 is 38.5 Å². The summed E-state index contributed by atoms with van der Waals surface area (Å²) in [5.74, 6) is 0.123. The molecule has 4 fully saturated rings. The zero-order chi connectivity index (χ0) is 32.5. The maximum atomic E-state index is 13.0. The van der Waals surface area contributed by atoms with E-state index in [1.807, 2.05) is 24.3 Å². The minimum Gasteiger partial charge on any atom is -1.00 e. The average molecular weight is 752 g/mol. The maximum absolute atomic E-state index is 13.0. The fourth-order valence-corrected chi connectivity index (χ4v) is 10.7. The molecule has 7 nitrogen and oxygen atoms in total. The SMILES string of the molecule is CC1(C)C[C@H]2C[C@](C)(CN2CCC(=O)Nc2ccc3cc4ccc(NC(=O)CCN5C[C@@]6(C)C[C@@H]5CC(C)(C)C6)cc4[nH+]c3c2)C1.[I-]. The summed E-state index contributed by atoms with van der Waals surface area (Å²) < 4.78 is 0. The number of aromatic amines is 1. The second kappa shape index (κ2) is 12.5. The number of aromatic nitrogens is 1. The summed E-state index contributed by atoms with van der Waals surface area (Å²) in [4.78, 5) is 34.7. The zero-order valence-electron chi connectivity index (χ0n) is 29.3. The Kier molecular flexibility index (Phi) is 9.22. The van der Waals surface area contributed by atoms with Gasteiger partial charge in [-0.1, -0.05) is 41.5 Å². The second-order valence-electron chi connectivity index (χ2n) is 17.8. The van der Waals surface area contributed by atoms with Gasteiger partial charge in [-0.05, 0) is 90.5 Å². The summed E-state index contributed by atoms with van der Waals surface area (Å²) in [6.07, 6.45) is 8.52. The van der Waals surface area contributed by atoms with Gasteiger partial charge in [0.1, 0.15) is 0 Å². The Morgan fingerprint density at radius 1 is 0.681 bits per heavy atom. The van der Waals surface area contributed by atoms with Crippen LogP contribution < -0.4 is 39.6 Å². The average Bonchev–Trinajstić information content (AvgIpc) is 3.34. The third-order valence-corrected chi connectivity index (χ3v) is 11.6. The lowest BCUT2D eigenvalue weighted by molar-refractivity contribution is -0.310. The minimum absolute atomic E-state index is 0. The number of hydrogen-bond acceptors (Lipinski definition) is 4. The molecule has 2 amide bonds. The number of H-pyrrole nitrogens is 1. The van der Waals surface area contributed by atoms with E-state index in [1.165, 1.54) is 38.5 Å². The van der Waals surface area contributed by atoms with Gasteiger partial charge in [0.05, 0.1) is 0 Å². The van der Waals surface area contributed by atoms with Crippen LogP contribution in [0.4, 0.5) is 11.4 Å². The van der Waals surface area contributed by atoms with Crippen LogP contribution in [0.25, 0.3) is 21.8 Å². The number of benzene rings is 2. The van der Waals surface area contributed by atoms with Gasteiger partial charge in [-0.25, -0.2) is 4.98 Å². The molecule has 4 bridgehead atoms. The number of nitrogens with zero attached hydrogens (tertiary/aromatic N) is 2. The number of hydrogen-bond donors (Lipinski definition) is 2. The number of anilines is 2. The number of carbonyl (C=O) groups excluding carboxylic acids is 2. The van der Waals surface area contributed by atoms with E-state index in [4.69, 9.17) is 0 Å². The fraction of sp³-hybridized carbons (Fsp3) is 0.615. The summed E-state index contributed by atoms with van der Waals surface area (Å²) in [5.41, 5.74) is 5.04. The quantitative estimate of drug-likeness (QED) is 0.267. The molecule has 4 aliphatic rings. The van der Waals surface area contributed by atoms with Gasteiger partial charge in [-0.15, -0.1) is 0 Å². The lowest BCUT2D eigenvalue weighted by Crippen LogP contribution is -3.00. The monoisotopic (exact) mass is 751 g/mol. The largest absolute Gasteiger partial charge is 1.00 e. The number of carbonyl (C=O) groups is 2. The minimum atomic E-state index is 0. The molecule has 3 aromatic rings. The topological polar surface area (TPSA) is 78.8 Å². The zero-order valence-corrected chi connectivity index (χ0v) is 31.4.